The second-order valence-electron chi connectivity index (χ2n) is 10.1. The van der Waals surface area contributed by atoms with E-state index in [1.807, 2.05) is 48.5 Å². The van der Waals surface area contributed by atoms with Gasteiger partial charge in [0.1, 0.15) is 11.4 Å². The quantitative estimate of drug-likeness (QED) is 0.360. The second kappa shape index (κ2) is 13.8. The Morgan fingerprint density at radius 1 is 0.850 bits per heavy atom. The van der Waals surface area contributed by atoms with Crippen LogP contribution < -0.4 is 5.32 Å². The molecule has 3 aromatic carbocycles. The van der Waals surface area contributed by atoms with Gasteiger partial charge in [-0.1, -0.05) is 72.8 Å². The molecule has 0 radical (unpaired) electrons. The molecule has 4 rings (SSSR count). The summed E-state index contributed by atoms with van der Waals surface area (Å²) in [6, 6.07) is 25.7. The molecule has 7 nitrogen and oxygen atoms in total. The molecular formula is C32H36FN3O4. The number of benzene rings is 3. The summed E-state index contributed by atoms with van der Waals surface area (Å²) in [6.45, 7) is 2.42. The maximum Gasteiger partial charge on any atom is 0.306 e. The Labute approximate surface area is 234 Å². The van der Waals surface area contributed by atoms with E-state index in [-0.39, 0.29) is 37.0 Å². The molecule has 1 aliphatic rings. The van der Waals surface area contributed by atoms with Gasteiger partial charge in [0.15, 0.2) is 0 Å². The van der Waals surface area contributed by atoms with E-state index in [1.54, 1.807) is 17.0 Å². The molecule has 0 aliphatic carbocycles. The summed E-state index contributed by atoms with van der Waals surface area (Å²) in [5.41, 5.74) is 1.70. The first-order valence-electron chi connectivity index (χ1n) is 13.6. The average molecular weight is 546 g/mol. The fourth-order valence-electron chi connectivity index (χ4n) is 5.18. The van der Waals surface area contributed by atoms with Crippen molar-refractivity contribution in [3.63, 3.8) is 0 Å². The molecular weight excluding hydrogens is 509 g/mol. The lowest BCUT2D eigenvalue weighted by Crippen LogP contribution is -2.64. The third-order valence-corrected chi connectivity index (χ3v) is 7.49. The number of esters is 1. The average Bonchev–Trinajstić information content (AvgIpc) is 2.99. The van der Waals surface area contributed by atoms with E-state index in [2.05, 4.69) is 22.3 Å². The normalized spacial score (nSPS) is 14.8. The Hall–Kier alpha value is -4.04. The number of nitrogens with zero attached hydrogens (tertiary/aromatic N) is 2. The molecule has 1 N–H and O–H groups in total. The Morgan fingerprint density at radius 3 is 2.05 bits per heavy atom. The fourth-order valence-corrected chi connectivity index (χ4v) is 5.18. The minimum absolute atomic E-state index is 0.0862. The van der Waals surface area contributed by atoms with Crippen LogP contribution in [0.5, 0.6) is 0 Å². The summed E-state index contributed by atoms with van der Waals surface area (Å²) >= 11 is 0. The highest BCUT2D eigenvalue weighted by Crippen LogP contribution is 2.33. The lowest BCUT2D eigenvalue weighted by molar-refractivity contribution is -0.154. The molecule has 0 atom stereocenters. The van der Waals surface area contributed by atoms with E-state index >= 15 is 0 Å². The molecule has 40 heavy (non-hydrogen) atoms. The highest BCUT2D eigenvalue weighted by atomic mass is 19.1. The van der Waals surface area contributed by atoms with Crippen molar-refractivity contribution in [1.29, 1.82) is 0 Å². The molecule has 1 heterocycles. The van der Waals surface area contributed by atoms with Gasteiger partial charge in [0.05, 0.1) is 13.5 Å². The Morgan fingerprint density at radius 2 is 1.45 bits per heavy atom. The van der Waals surface area contributed by atoms with Crippen LogP contribution in [0.15, 0.2) is 84.9 Å². The van der Waals surface area contributed by atoms with Crippen LogP contribution in [-0.2, 0) is 38.8 Å². The predicted octanol–water partition coefficient (Wildman–Crippen LogP) is 4.46. The number of rotatable bonds is 11. The fraction of sp³-hybridized carbons (Fsp3) is 0.344. The van der Waals surface area contributed by atoms with Crippen LogP contribution in [0.3, 0.4) is 0 Å². The number of nitrogens with one attached hydrogen (secondary N) is 1. The zero-order valence-electron chi connectivity index (χ0n) is 22.9. The first-order valence-corrected chi connectivity index (χ1v) is 13.6. The van der Waals surface area contributed by atoms with Crippen LogP contribution >= 0.6 is 0 Å². The van der Waals surface area contributed by atoms with Crippen LogP contribution in [0, 0.1) is 5.82 Å². The highest BCUT2D eigenvalue weighted by Gasteiger charge is 2.48. The van der Waals surface area contributed by atoms with Gasteiger partial charge in [-0.05, 0) is 41.7 Å². The number of ether oxygens (including phenoxy) is 1. The summed E-state index contributed by atoms with van der Waals surface area (Å²) in [7, 11) is 1.28. The summed E-state index contributed by atoms with van der Waals surface area (Å²) in [4.78, 5) is 43.6. The van der Waals surface area contributed by atoms with E-state index in [0.717, 1.165) is 12.1 Å². The first-order chi connectivity index (χ1) is 19.4. The number of likely N-dealkylation sites (tertiary alicyclic amines) is 1. The van der Waals surface area contributed by atoms with E-state index < -0.39 is 11.5 Å². The highest BCUT2D eigenvalue weighted by molar-refractivity contribution is 5.92. The Bertz CT molecular complexity index is 1260. The zero-order valence-corrected chi connectivity index (χ0v) is 22.9. The summed E-state index contributed by atoms with van der Waals surface area (Å²) in [6.07, 6.45) is 0.670. The molecule has 0 spiro atoms. The van der Waals surface area contributed by atoms with Gasteiger partial charge in [-0.3, -0.25) is 19.3 Å². The third-order valence-electron chi connectivity index (χ3n) is 7.49. The minimum atomic E-state index is -1.14. The van der Waals surface area contributed by atoms with Crippen molar-refractivity contribution in [3.8, 4) is 0 Å². The smallest absolute Gasteiger partial charge is 0.306 e. The molecule has 0 bridgehead atoms. The van der Waals surface area contributed by atoms with Crippen molar-refractivity contribution in [2.75, 3.05) is 20.2 Å². The number of piperidine rings is 1. The number of hydrogen-bond acceptors (Lipinski definition) is 5. The van der Waals surface area contributed by atoms with E-state index in [9.17, 15) is 18.8 Å². The molecule has 1 saturated heterocycles. The van der Waals surface area contributed by atoms with Crippen LogP contribution in [0.25, 0.3) is 0 Å². The van der Waals surface area contributed by atoms with Gasteiger partial charge in [0, 0.05) is 39.1 Å². The lowest BCUT2D eigenvalue weighted by Gasteiger charge is -2.47. The number of carbonyl (C=O) groups excluding carboxylic acids is 3. The van der Waals surface area contributed by atoms with Crippen molar-refractivity contribution < 1.29 is 23.5 Å². The third kappa shape index (κ3) is 7.54. The molecule has 0 aromatic heterocycles. The number of amides is 2. The van der Waals surface area contributed by atoms with Gasteiger partial charge in [-0.25, -0.2) is 4.39 Å². The van der Waals surface area contributed by atoms with Crippen LogP contribution in [-0.4, -0.2) is 53.3 Å². The van der Waals surface area contributed by atoms with E-state index in [1.165, 1.54) is 24.8 Å². The van der Waals surface area contributed by atoms with Crippen LogP contribution in [0.4, 0.5) is 4.39 Å². The Balaban J connectivity index is 1.62. The van der Waals surface area contributed by atoms with Gasteiger partial charge in [0.25, 0.3) is 0 Å². The molecule has 2 amide bonds. The molecule has 1 fully saturated rings. The van der Waals surface area contributed by atoms with Gasteiger partial charge >= 0.3 is 5.97 Å². The van der Waals surface area contributed by atoms with Crippen molar-refractivity contribution >= 4 is 17.8 Å². The number of carbonyl (C=O) groups is 3. The summed E-state index contributed by atoms with van der Waals surface area (Å²) in [5.74, 6) is -1.42. The summed E-state index contributed by atoms with van der Waals surface area (Å²) < 4.78 is 18.4. The van der Waals surface area contributed by atoms with E-state index in [4.69, 9.17) is 4.74 Å². The molecule has 210 valence electrons. The van der Waals surface area contributed by atoms with Crippen molar-refractivity contribution in [2.24, 2.45) is 0 Å². The molecule has 3 aromatic rings. The Kier molecular flexibility index (Phi) is 10.0. The largest absolute Gasteiger partial charge is 0.469 e. The topological polar surface area (TPSA) is 79.0 Å². The number of methoxy groups -OCH3 is 1. The van der Waals surface area contributed by atoms with Crippen molar-refractivity contribution in [1.82, 2.24) is 15.1 Å². The standard InChI is InChI=1S/C32H36FN3O4/c1-40-30(38)17-16-29(37)36(24-27-12-14-28(33)15-13-27)32(31(39)34-22-25-8-4-2-5-9-25)18-20-35(21-19-32)23-26-10-6-3-7-11-26/h2-15H,16-24H2,1H3,(H,34,39). The maximum atomic E-state index is 14.1. The maximum absolute atomic E-state index is 14.1. The van der Waals surface area contributed by atoms with Crippen LogP contribution in [0.2, 0.25) is 0 Å². The van der Waals surface area contributed by atoms with E-state index in [0.29, 0.717) is 38.0 Å². The van der Waals surface area contributed by atoms with Gasteiger partial charge in [0.2, 0.25) is 11.8 Å². The zero-order chi connectivity index (χ0) is 28.4. The van der Waals surface area contributed by atoms with Gasteiger partial charge < -0.3 is 15.0 Å². The first kappa shape index (κ1) is 29.0. The molecule has 0 unspecified atom stereocenters. The lowest BCUT2D eigenvalue weighted by atomic mass is 9.83. The monoisotopic (exact) mass is 545 g/mol. The minimum Gasteiger partial charge on any atom is -0.469 e. The predicted molar refractivity (Wildman–Crippen MR) is 150 cm³/mol. The van der Waals surface area contributed by atoms with Crippen LogP contribution in [0.1, 0.15) is 42.4 Å². The SMILES string of the molecule is COC(=O)CCC(=O)N(Cc1ccc(F)cc1)C1(C(=O)NCc2ccccc2)CCN(Cc2ccccc2)CC1. The van der Waals surface area contributed by atoms with Crippen molar-refractivity contribution in [2.45, 2.75) is 50.9 Å². The molecule has 1 aliphatic heterocycles. The number of hydrogen-bond donors (Lipinski definition) is 1. The van der Waals surface area contributed by atoms with Gasteiger partial charge in [-0.2, -0.15) is 0 Å². The number of halogens is 1. The molecule has 0 saturated carbocycles. The second-order valence-corrected chi connectivity index (χ2v) is 10.1. The molecule has 8 heteroatoms. The van der Waals surface area contributed by atoms with Gasteiger partial charge in [-0.15, -0.1) is 0 Å². The van der Waals surface area contributed by atoms with Crippen molar-refractivity contribution in [3.05, 3.63) is 107 Å². The summed E-state index contributed by atoms with van der Waals surface area (Å²) in [5, 5.41) is 3.08.